The van der Waals surface area contributed by atoms with E-state index >= 15 is 0 Å². The lowest BCUT2D eigenvalue weighted by Crippen LogP contribution is -2.43. The number of aliphatic hydroxyl groups excluding tert-OH is 1. The average molecular weight is 465 g/mol. The minimum absolute atomic E-state index is 0. The van der Waals surface area contributed by atoms with E-state index in [0.29, 0.717) is 13.1 Å². The van der Waals surface area contributed by atoms with Gasteiger partial charge in [0.25, 0.3) is 5.91 Å². The second-order valence-corrected chi connectivity index (χ2v) is 8.51. The molecule has 5 heterocycles. The number of amides is 1. The van der Waals surface area contributed by atoms with Crippen molar-refractivity contribution >= 4 is 41.5 Å². The monoisotopic (exact) mass is 464 g/mol. The van der Waals surface area contributed by atoms with Crippen molar-refractivity contribution in [2.75, 3.05) is 13.1 Å². The van der Waals surface area contributed by atoms with Gasteiger partial charge < -0.3 is 14.6 Å². The zero-order chi connectivity index (χ0) is 22.4. The van der Waals surface area contributed by atoms with E-state index < -0.39 is 6.10 Å². The Hall–Kier alpha value is -3.04. The van der Waals surface area contributed by atoms with Crippen LogP contribution in [0.3, 0.4) is 0 Å². The molecular formula is C24H28N6O2S. The largest absolute Gasteiger partial charge is 0.384 e. The molecule has 1 aliphatic heterocycles. The molecule has 0 aromatic carbocycles. The van der Waals surface area contributed by atoms with E-state index in [9.17, 15) is 9.90 Å². The highest BCUT2D eigenvalue weighted by atomic mass is 32.1. The molecule has 0 radical (unpaired) electrons. The summed E-state index contributed by atoms with van der Waals surface area (Å²) in [4.78, 5) is 32.6. The van der Waals surface area contributed by atoms with Crippen LogP contribution in [0, 0.1) is 13.8 Å². The smallest absolute Gasteiger partial charge is 0.251 e. The van der Waals surface area contributed by atoms with Crippen LogP contribution in [-0.2, 0) is 4.79 Å². The number of aliphatic hydroxyl groups is 1. The van der Waals surface area contributed by atoms with Gasteiger partial charge in [-0.05, 0) is 57.9 Å². The first-order valence-electron chi connectivity index (χ1n) is 11.0. The molecule has 1 aliphatic rings. The van der Waals surface area contributed by atoms with Crippen LogP contribution in [0.4, 0.5) is 0 Å². The number of aromatic nitrogens is 5. The first kappa shape index (κ1) is 23.1. The van der Waals surface area contributed by atoms with Crippen LogP contribution >= 0.6 is 13.5 Å². The molecule has 4 aromatic rings. The maximum absolute atomic E-state index is 12.2. The molecule has 1 N–H and O–H groups in total. The number of piperidine rings is 1. The van der Waals surface area contributed by atoms with Gasteiger partial charge in [0.05, 0.1) is 22.9 Å². The summed E-state index contributed by atoms with van der Waals surface area (Å²) < 4.78 is 2.26. The third kappa shape index (κ3) is 4.18. The molecule has 33 heavy (non-hydrogen) atoms. The zero-order valence-corrected chi connectivity index (χ0v) is 20.0. The van der Waals surface area contributed by atoms with Crippen molar-refractivity contribution in [3.05, 3.63) is 48.2 Å². The van der Waals surface area contributed by atoms with E-state index in [1.165, 1.54) is 6.92 Å². The van der Waals surface area contributed by atoms with Gasteiger partial charge in [0.2, 0.25) is 0 Å². The van der Waals surface area contributed by atoms with Gasteiger partial charge in [0.1, 0.15) is 23.0 Å². The number of likely N-dealkylation sites (tertiary alicyclic amines) is 1. The van der Waals surface area contributed by atoms with Crippen LogP contribution in [0.15, 0.2) is 36.7 Å². The number of carbonyl (C=O) groups excluding carboxylic acids is 1. The first-order chi connectivity index (χ1) is 15.4. The van der Waals surface area contributed by atoms with Crippen molar-refractivity contribution in [2.24, 2.45) is 0 Å². The molecule has 5 rings (SSSR count). The zero-order valence-electron chi connectivity index (χ0n) is 19.0. The molecule has 172 valence electrons. The summed E-state index contributed by atoms with van der Waals surface area (Å²) in [5, 5.41) is 9.64. The molecule has 1 atom stereocenters. The Kier molecular flexibility index (Phi) is 6.36. The predicted octanol–water partition coefficient (Wildman–Crippen LogP) is 3.32. The molecule has 0 saturated carbocycles. The summed E-state index contributed by atoms with van der Waals surface area (Å²) in [5.74, 6) is 0.710. The molecule has 0 unspecified atom stereocenters. The van der Waals surface area contributed by atoms with E-state index in [-0.39, 0.29) is 25.4 Å². The molecule has 0 aliphatic carbocycles. The lowest BCUT2D eigenvalue weighted by atomic mass is 10.0. The Morgan fingerprint density at radius 3 is 2.45 bits per heavy atom. The summed E-state index contributed by atoms with van der Waals surface area (Å²) in [7, 11) is 0. The highest BCUT2D eigenvalue weighted by Crippen LogP contribution is 2.32. The average Bonchev–Trinajstić information content (AvgIpc) is 3.15. The summed E-state index contributed by atoms with van der Waals surface area (Å²) in [6, 6.07) is 8.18. The minimum atomic E-state index is -0.962. The lowest BCUT2D eigenvalue weighted by Gasteiger charge is -2.34. The fourth-order valence-corrected chi connectivity index (χ4v) is 4.59. The number of fused-ring (bicyclic) bond motifs is 3. The quantitative estimate of drug-likeness (QED) is 0.500. The molecule has 0 bridgehead atoms. The third-order valence-electron chi connectivity index (χ3n) is 6.24. The highest BCUT2D eigenvalue weighted by Gasteiger charge is 2.28. The Labute approximate surface area is 199 Å². The van der Waals surface area contributed by atoms with Gasteiger partial charge in [-0.2, -0.15) is 13.5 Å². The van der Waals surface area contributed by atoms with Crippen LogP contribution in [0.2, 0.25) is 0 Å². The van der Waals surface area contributed by atoms with Crippen molar-refractivity contribution in [3.63, 3.8) is 0 Å². The standard InChI is InChI=1S/C24H26N6O2.H2S/c1-14-4-5-17(12-25-14)19-6-7-20-22(28-19)23-21(13-26-20)27-16(3)30(23)18-8-10-29(11-9-18)24(32)15(2)31;/h4-7,12-13,15,18,31H,8-11H2,1-3H3;1H2/t15-;/m0./s1. The van der Waals surface area contributed by atoms with Crippen LogP contribution in [-0.4, -0.2) is 59.6 Å². The molecule has 8 nitrogen and oxygen atoms in total. The lowest BCUT2D eigenvalue weighted by molar-refractivity contribution is -0.140. The molecule has 4 aromatic heterocycles. The van der Waals surface area contributed by atoms with E-state index in [1.54, 1.807) is 4.90 Å². The van der Waals surface area contributed by atoms with E-state index in [1.807, 2.05) is 50.5 Å². The number of pyridine rings is 3. The molecule has 1 amide bonds. The van der Waals surface area contributed by atoms with Gasteiger partial charge in [0, 0.05) is 36.6 Å². The number of nitrogens with zero attached hydrogens (tertiary/aromatic N) is 6. The second kappa shape index (κ2) is 9.07. The number of hydrogen-bond acceptors (Lipinski definition) is 6. The topological polar surface area (TPSA) is 97.0 Å². The Morgan fingerprint density at radius 1 is 1.03 bits per heavy atom. The van der Waals surface area contributed by atoms with Gasteiger partial charge in [-0.15, -0.1) is 0 Å². The van der Waals surface area contributed by atoms with Crippen molar-refractivity contribution in [3.8, 4) is 11.3 Å². The van der Waals surface area contributed by atoms with Gasteiger partial charge in [0.15, 0.2) is 0 Å². The highest BCUT2D eigenvalue weighted by molar-refractivity contribution is 7.59. The molecule has 1 fully saturated rings. The van der Waals surface area contributed by atoms with Crippen LogP contribution in [0.25, 0.3) is 33.3 Å². The minimum Gasteiger partial charge on any atom is -0.384 e. The maximum atomic E-state index is 12.2. The van der Waals surface area contributed by atoms with Gasteiger partial charge in [-0.25, -0.2) is 9.97 Å². The van der Waals surface area contributed by atoms with Gasteiger partial charge in [-0.1, -0.05) is 0 Å². The first-order valence-corrected chi connectivity index (χ1v) is 11.0. The maximum Gasteiger partial charge on any atom is 0.251 e. The van der Waals surface area contributed by atoms with E-state index in [2.05, 4.69) is 14.5 Å². The van der Waals surface area contributed by atoms with Gasteiger partial charge in [-0.3, -0.25) is 14.8 Å². The van der Waals surface area contributed by atoms with Crippen LogP contribution < -0.4 is 0 Å². The summed E-state index contributed by atoms with van der Waals surface area (Å²) >= 11 is 0. The molecule has 1 saturated heterocycles. The van der Waals surface area contributed by atoms with Gasteiger partial charge >= 0.3 is 0 Å². The third-order valence-corrected chi connectivity index (χ3v) is 6.24. The SMILES string of the molecule is Cc1ccc(-c2ccc3ncc4nc(C)n(C5CCN(C(=O)[C@H](C)O)CC5)c4c3n2)cn1.S. The Morgan fingerprint density at radius 2 is 1.79 bits per heavy atom. The Bertz CT molecular complexity index is 1310. The van der Waals surface area contributed by atoms with E-state index in [0.717, 1.165) is 57.7 Å². The summed E-state index contributed by atoms with van der Waals surface area (Å²) in [5.41, 5.74) is 6.23. The number of carbonyl (C=O) groups is 1. The normalized spacial score (nSPS) is 15.6. The fourth-order valence-electron chi connectivity index (χ4n) is 4.59. The second-order valence-electron chi connectivity index (χ2n) is 8.51. The van der Waals surface area contributed by atoms with Crippen molar-refractivity contribution in [2.45, 2.75) is 45.8 Å². The molecule has 0 spiro atoms. The summed E-state index contributed by atoms with van der Waals surface area (Å²) in [6.45, 7) is 6.72. The van der Waals surface area contributed by atoms with Crippen molar-refractivity contribution in [1.29, 1.82) is 0 Å². The van der Waals surface area contributed by atoms with Crippen LogP contribution in [0.5, 0.6) is 0 Å². The summed E-state index contributed by atoms with van der Waals surface area (Å²) in [6.07, 6.45) is 4.29. The number of imidazole rings is 1. The Balaban J connectivity index is 0.00000259. The number of rotatable bonds is 3. The number of aryl methyl sites for hydroxylation is 2. The molecular weight excluding hydrogens is 436 g/mol. The number of hydrogen-bond donors (Lipinski definition) is 1. The van der Waals surface area contributed by atoms with E-state index in [4.69, 9.17) is 9.97 Å². The van der Waals surface area contributed by atoms with Crippen molar-refractivity contribution in [1.82, 2.24) is 29.4 Å². The van der Waals surface area contributed by atoms with Crippen LogP contribution in [0.1, 0.15) is 37.3 Å². The predicted molar refractivity (Wildman–Crippen MR) is 132 cm³/mol. The fraction of sp³-hybridized carbons (Fsp3) is 0.375. The molecule has 9 heteroatoms. The van der Waals surface area contributed by atoms with Crippen molar-refractivity contribution < 1.29 is 9.90 Å².